The van der Waals surface area contributed by atoms with Crippen molar-refractivity contribution in [2.75, 3.05) is 23.8 Å². The lowest BCUT2D eigenvalue weighted by Crippen LogP contribution is -2.43. The summed E-state index contributed by atoms with van der Waals surface area (Å²) in [6, 6.07) is 6.41. The van der Waals surface area contributed by atoms with Crippen molar-refractivity contribution in [3.8, 4) is 0 Å². The van der Waals surface area contributed by atoms with Crippen LogP contribution in [0.15, 0.2) is 24.3 Å². The predicted molar refractivity (Wildman–Crippen MR) is 80.9 cm³/mol. The van der Waals surface area contributed by atoms with E-state index in [0.29, 0.717) is 24.6 Å². The Labute approximate surface area is 124 Å². The van der Waals surface area contributed by atoms with Crippen molar-refractivity contribution in [1.82, 2.24) is 0 Å². The number of amides is 2. The van der Waals surface area contributed by atoms with Crippen LogP contribution in [0.25, 0.3) is 0 Å². The first-order valence-electron chi connectivity index (χ1n) is 7.08. The quantitative estimate of drug-likeness (QED) is 0.780. The molecule has 1 aromatic rings. The van der Waals surface area contributed by atoms with Crippen molar-refractivity contribution in [2.45, 2.75) is 25.8 Å². The molecule has 1 unspecified atom stereocenters. The van der Waals surface area contributed by atoms with Gasteiger partial charge in [0.25, 0.3) is 0 Å². The van der Waals surface area contributed by atoms with Crippen LogP contribution in [0.1, 0.15) is 19.8 Å². The Bertz CT molecular complexity index is 495. The molecule has 0 saturated carbocycles. The number of anilines is 2. The molecule has 1 aliphatic heterocycles. The summed E-state index contributed by atoms with van der Waals surface area (Å²) >= 11 is 0. The molecule has 4 N–H and O–H groups in total. The Hall–Kier alpha value is -1.92. The van der Waals surface area contributed by atoms with Gasteiger partial charge in [-0.3, -0.25) is 9.59 Å². The molecular weight excluding hydrogens is 270 g/mol. The first-order chi connectivity index (χ1) is 10.1. The average molecular weight is 291 g/mol. The van der Waals surface area contributed by atoms with Gasteiger partial charge in [-0.2, -0.15) is 0 Å². The number of nitrogens with one attached hydrogen (secondary N) is 2. The first-order valence-corrected chi connectivity index (χ1v) is 7.08. The Morgan fingerprint density at radius 2 is 1.67 bits per heavy atom. The van der Waals surface area contributed by atoms with E-state index >= 15 is 0 Å². The van der Waals surface area contributed by atoms with E-state index in [1.54, 1.807) is 24.3 Å². The van der Waals surface area contributed by atoms with Crippen molar-refractivity contribution in [3.63, 3.8) is 0 Å². The zero-order valence-corrected chi connectivity index (χ0v) is 12.1. The summed E-state index contributed by atoms with van der Waals surface area (Å²) in [6.45, 7) is 2.77. The molecule has 0 spiro atoms. The van der Waals surface area contributed by atoms with E-state index in [1.807, 2.05) is 0 Å². The summed E-state index contributed by atoms with van der Waals surface area (Å²) in [5.74, 6) is -0.153. The van der Waals surface area contributed by atoms with Crippen LogP contribution in [0.2, 0.25) is 0 Å². The minimum atomic E-state index is -0.524. The van der Waals surface area contributed by atoms with E-state index in [4.69, 9.17) is 10.5 Å². The normalized spacial score (nSPS) is 17.0. The molecular formula is C15H21N3O3. The maximum Gasteiger partial charge on any atom is 0.241 e. The number of carbonyl (C=O) groups excluding carboxylic acids is 2. The number of nitrogens with two attached hydrogens (primary N) is 1. The summed E-state index contributed by atoms with van der Waals surface area (Å²) in [6.07, 6.45) is 1.63. The Morgan fingerprint density at radius 1 is 1.14 bits per heavy atom. The number of hydrogen-bond acceptors (Lipinski definition) is 4. The summed E-state index contributed by atoms with van der Waals surface area (Å²) in [7, 11) is 0. The molecule has 1 atom stereocenters. The molecule has 1 heterocycles. The van der Waals surface area contributed by atoms with Gasteiger partial charge in [-0.15, -0.1) is 0 Å². The molecule has 0 radical (unpaired) electrons. The van der Waals surface area contributed by atoms with Crippen LogP contribution in [0.4, 0.5) is 11.4 Å². The smallest absolute Gasteiger partial charge is 0.241 e. The maximum absolute atomic E-state index is 12.1. The van der Waals surface area contributed by atoms with Crippen LogP contribution in [-0.2, 0) is 14.3 Å². The highest BCUT2D eigenvalue weighted by atomic mass is 16.5. The SMILES string of the molecule is CC(=O)Nc1ccc(NC(=O)C(N)C2CCOCC2)cc1. The molecule has 1 saturated heterocycles. The Kier molecular flexibility index (Phi) is 5.30. The molecule has 1 aliphatic rings. The minimum Gasteiger partial charge on any atom is -0.381 e. The molecule has 1 fully saturated rings. The molecule has 2 amide bonds. The van der Waals surface area contributed by atoms with E-state index < -0.39 is 6.04 Å². The van der Waals surface area contributed by atoms with Crippen molar-refractivity contribution < 1.29 is 14.3 Å². The monoisotopic (exact) mass is 291 g/mol. The summed E-state index contributed by atoms with van der Waals surface area (Å²) in [5, 5.41) is 5.47. The average Bonchev–Trinajstić information content (AvgIpc) is 2.49. The van der Waals surface area contributed by atoms with Gasteiger partial charge in [-0.25, -0.2) is 0 Å². The largest absolute Gasteiger partial charge is 0.381 e. The van der Waals surface area contributed by atoms with Crippen LogP contribution in [0.3, 0.4) is 0 Å². The second-order valence-electron chi connectivity index (χ2n) is 5.22. The lowest BCUT2D eigenvalue weighted by atomic mass is 9.92. The first kappa shape index (κ1) is 15.5. The highest BCUT2D eigenvalue weighted by Crippen LogP contribution is 2.19. The molecule has 1 aromatic carbocycles. The van der Waals surface area contributed by atoms with Gasteiger partial charge in [0.1, 0.15) is 0 Å². The maximum atomic E-state index is 12.1. The molecule has 0 aliphatic carbocycles. The van der Waals surface area contributed by atoms with Gasteiger partial charge < -0.3 is 21.1 Å². The van der Waals surface area contributed by atoms with Gasteiger partial charge in [0.15, 0.2) is 0 Å². The van der Waals surface area contributed by atoms with Crippen molar-refractivity contribution in [1.29, 1.82) is 0 Å². The second kappa shape index (κ2) is 7.19. The van der Waals surface area contributed by atoms with Crippen LogP contribution in [0.5, 0.6) is 0 Å². The van der Waals surface area contributed by atoms with E-state index in [9.17, 15) is 9.59 Å². The van der Waals surface area contributed by atoms with Crippen molar-refractivity contribution in [2.24, 2.45) is 11.7 Å². The molecule has 21 heavy (non-hydrogen) atoms. The van der Waals surface area contributed by atoms with Crippen LogP contribution in [-0.4, -0.2) is 31.1 Å². The number of benzene rings is 1. The molecule has 0 aromatic heterocycles. The zero-order valence-electron chi connectivity index (χ0n) is 12.1. The van der Waals surface area contributed by atoms with Gasteiger partial charge >= 0.3 is 0 Å². The molecule has 6 nitrogen and oxygen atoms in total. The van der Waals surface area contributed by atoms with Gasteiger partial charge in [0.2, 0.25) is 11.8 Å². The van der Waals surface area contributed by atoms with E-state index in [-0.39, 0.29) is 17.7 Å². The molecule has 0 bridgehead atoms. The van der Waals surface area contributed by atoms with Gasteiger partial charge in [0, 0.05) is 31.5 Å². The third-order valence-electron chi connectivity index (χ3n) is 3.55. The number of rotatable bonds is 4. The number of carbonyl (C=O) groups is 2. The third kappa shape index (κ3) is 4.54. The fourth-order valence-corrected chi connectivity index (χ4v) is 2.35. The van der Waals surface area contributed by atoms with Crippen LogP contribution < -0.4 is 16.4 Å². The minimum absolute atomic E-state index is 0.131. The number of hydrogen-bond donors (Lipinski definition) is 3. The Morgan fingerprint density at radius 3 is 2.19 bits per heavy atom. The summed E-state index contributed by atoms with van der Waals surface area (Å²) in [4.78, 5) is 23.1. The Balaban J connectivity index is 1.90. The van der Waals surface area contributed by atoms with Crippen molar-refractivity contribution in [3.05, 3.63) is 24.3 Å². The van der Waals surface area contributed by atoms with Crippen molar-refractivity contribution >= 4 is 23.2 Å². The fourth-order valence-electron chi connectivity index (χ4n) is 2.35. The lowest BCUT2D eigenvalue weighted by molar-refractivity contribution is -0.119. The van der Waals surface area contributed by atoms with Gasteiger partial charge in [-0.05, 0) is 43.0 Å². The second-order valence-corrected chi connectivity index (χ2v) is 5.22. The fraction of sp³-hybridized carbons (Fsp3) is 0.467. The van der Waals surface area contributed by atoms with E-state index in [2.05, 4.69) is 10.6 Å². The highest BCUT2D eigenvalue weighted by Gasteiger charge is 2.26. The van der Waals surface area contributed by atoms with Gasteiger partial charge in [-0.1, -0.05) is 0 Å². The summed E-state index contributed by atoms with van der Waals surface area (Å²) < 4.78 is 5.27. The number of ether oxygens (including phenoxy) is 1. The standard InChI is InChI=1S/C15H21N3O3/c1-10(19)17-12-2-4-13(5-3-12)18-15(20)14(16)11-6-8-21-9-7-11/h2-5,11,14H,6-9,16H2,1H3,(H,17,19)(H,18,20). The molecule has 114 valence electrons. The zero-order chi connectivity index (χ0) is 15.2. The topological polar surface area (TPSA) is 93.5 Å². The van der Waals surface area contributed by atoms with Gasteiger partial charge in [0.05, 0.1) is 6.04 Å². The highest BCUT2D eigenvalue weighted by molar-refractivity contribution is 5.95. The van der Waals surface area contributed by atoms with E-state index in [1.165, 1.54) is 6.92 Å². The molecule has 2 rings (SSSR count). The molecule has 6 heteroatoms. The lowest BCUT2D eigenvalue weighted by Gasteiger charge is -2.26. The predicted octanol–water partition coefficient (Wildman–Crippen LogP) is 1.34. The van der Waals surface area contributed by atoms with Crippen LogP contribution >= 0.6 is 0 Å². The summed E-state index contributed by atoms with van der Waals surface area (Å²) in [5.41, 5.74) is 7.36. The van der Waals surface area contributed by atoms with Crippen LogP contribution in [0, 0.1) is 5.92 Å². The third-order valence-corrected chi connectivity index (χ3v) is 3.55. The van der Waals surface area contributed by atoms with E-state index in [0.717, 1.165) is 12.8 Å².